The highest BCUT2D eigenvalue weighted by molar-refractivity contribution is 5.91. The monoisotopic (exact) mass is 252 g/mol. The molecule has 100 valence electrons. The molecule has 0 spiro atoms. The van der Waals surface area contributed by atoms with E-state index in [0.29, 0.717) is 18.0 Å². The zero-order chi connectivity index (χ0) is 13.4. The number of aliphatic hydroxyl groups is 1. The number of amides is 2. The van der Waals surface area contributed by atoms with Crippen molar-refractivity contribution in [1.29, 1.82) is 0 Å². The first-order valence-electron chi connectivity index (χ1n) is 6.07. The number of carbonyl (C=O) groups excluding carboxylic acids is 1. The predicted molar refractivity (Wildman–Crippen MR) is 70.9 cm³/mol. The summed E-state index contributed by atoms with van der Waals surface area (Å²) in [5.74, 6) is 0.645. The van der Waals surface area contributed by atoms with Gasteiger partial charge in [0.2, 0.25) is 0 Å². The third kappa shape index (κ3) is 4.63. The molecular formula is C13H20N2O3. The molecule has 0 aromatic heterocycles. The molecular weight excluding hydrogens is 232 g/mol. The lowest BCUT2D eigenvalue weighted by Gasteiger charge is -2.14. The first-order valence-corrected chi connectivity index (χ1v) is 6.07. The van der Waals surface area contributed by atoms with Crippen LogP contribution in [0.3, 0.4) is 0 Å². The highest BCUT2D eigenvalue weighted by Gasteiger charge is 2.09. The Balaban J connectivity index is 2.62. The summed E-state index contributed by atoms with van der Waals surface area (Å²) in [5.41, 5.74) is 0.619. The molecule has 0 fully saturated rings. The first kappa shape index (κ1) is 14.3. The topological polar surface area (TPSA) is 70.6 Å². The number of anilines is 1. The van der Waals surface area contributed by atoms with Crippen LogP contribution in [0, 0.1) is 0 Å². The molecule has 1 aromatic carbocycles. The van der Waals surface area contributed by atoms with Crippen molar-refractivity contribution in [3.63, 3.8) is 0 Å². The normalized spacial score (nSPS) is 11.7. The summed E-state index contributed by atoms with van der Waals surface area (Å²) < 4.78 is 5.53. The Bertz CT molecular complexity index is 382. The Hall–Kier alpha value is -1.75. The fourth-order valence-corrected chi connectivity index (χ4v) is 1.34. The molecule has 0 unspecified atom stereocenters. The summed E-state index contributed by atoms with van der Waals surface area (Å²) in [6, 6.07) is 6.61. The Morgan fingerprint density at radius 1 is 1.44 bits per heavy atom. The summed E-state index contributed by atoms with van der Waals surface area (Å²) >= 11 is 0. The van der Waals surface area contributed by atoms with Gasteiger partial charge in [0, 0.05) is 0 Å². The van der Waals surface area contributed by atoms with Crippen LogP contribution in [0.15, 0.2) is 24.3 Å². The van der Waals surface area contributed by atoms with Gasteiger partial charge in [-0.1, -0.05) is 19.1 Å². The molecule has 1 aromatic rings. The highest BCUT2D eigenvalue weighted by atomic mass is 16.5. The van der Waals surface area contributed by atoms with E-state index in [9.17, 15) is 4.79 Å². The molecule has 1 rings (SSSR count). The fraction of sp³-hybridized carbons (Fsp3) is 0.462. The van der Waals surface area contributed by atoms with Gasteiger partial charge in [-0.3, -0.25) is 0 Å². The van der Waals surface area contributed by atoms with Gasteiger partial charge in [0.25, 0.3) is 0 Å². The van der Waals surface area contributed by atoms with Gasteiger partial charge in [-0.15, -0.1) is 0 Å². The van der Waals surface area contributed by atoms with E-state index < -0.39 is 0 Å². The summed E-state index contributed by atoms with van der Waals surface area (Å²) in [5, 5.41) is 14.2. The van der Waals surface area contributed by atoms with Crippen LogP contribution < -0.4 is 15.4 Å². The van der Waals surface area contributed by atoms with Gasteiger partial charge in [0.05, 0.1) is 24.9 Å². The van der Waals surface area contributed by atoms with Crippen LogP contribution in [0.25, 0.3) is 0 Å². The number of rotatable bonds is 6. The van der Waals surface area contributed by atoms with E-state index in [1.54, 1.807) is 19.1 Å². The van der Waals surface area contributed by atoms with Crippen molar-refractivity contribution in [1.82, 2.24) is 5.32 Å². The molecule has 5 heteroatoms. The van der Waals surface area contributed by atoms with Crippen LogP contribution in [0.5, 0.6) is 5.75 Å². The molecule has 0 aliphatic carbocycles. The van der Waals surface area contributed by atoms with Gasteiger partial charge >= 0.3 is 6.03 Å². The second kappa shape index (κ2) is 7.55. The quantitative estimate of drug-likeness (QED) is 0.725. The number of aliphatic hydroxyl groups excluding tert-OH is 1. The van der Waals surface area contributed by atoms with Gasteiger partial charge in [-0.05, 0) is 25.5 Å². The number of para-hydroxylation sites is 2. The van der Waals surface area contributed by atoms with Crippen molar-refractivity contribution >= 4 is 11.7 Å². The van der Waals surface area contributed by atoms with Crippen molar-refractivity contribution in [3.8, 4) is 5.75 Å². The van der Waals surface area contributed by atoms with Crippen LogP contribution >= 0.6 is 0 Å². The average Bonchev–Trinajstić information content (AvgIpc) is 2.37. The second-order valence-corrected chi connectivity index (χ2v) is 4.03. The maximum atomic E-state index is 11.6. The van der Waals surface area contributed by atoms with Crippen LogP contribution in [-0.2, 0) is 0 Å². The standard InChI is InChI=1S/C13H20N2O3/c1-3-8-18-12-7-5-4-6-11(12)15-13(17)14-10(2)9-16/h4-7,10,16H,3,8-9H2,1-2H3,(H2,14,15,17)/t10-/m0/s1. The van der Waals surface area contributed by atoms with Gasteiger partial charge in [-0.25, -0.2) is 4.79 Å². The number of nitrogens with one attached hydrogen (secondary N) is 2. The molecule has 0 aliphatic heterocycles. The Morgan fingerprint density at radius 3 is 2.83 bits per heavy atom. The Kier molecular flexibility index (Phi) is 6.00. The molecule has 3 N–H and O–H groups in total. The smallest absolute Gasteiger partial charge is 0.319 e. The average molecular weight is 252 g/mol. The van der Waals surface area contributed by atoms with Crippen LogP contribution in [0.2, 0.25) is 0 Å². The lowest BCUT2D eigenvalue weighted by molar-refractivity contribution is 0.229. The fourth-order valence-electron chi connectivity index (χ4n) is 1.34. The SMILES string of the molecule is CCCOc1ccccc1NC(=O)N[C@@H](C)CO. The molecule has 5 nitrogen and oxygen atoms in total. The molecule has 2 amide bonds. The van der Waals surface area contributed by atoms with Gasteiger partial charge in [0.15, 0.2) is 0 Å². The highest BCUT2D eigenvalue weighted by Crippen LogP contribution is 2.23. The minimum atomic E-state index is -0.357. The molecule has 0 saturated heterocycles. The third-order valence-electron chi connectivity index (χ3n) is 2.25. The Morgan fingerprint density at radius 2 is 2.17 bits per heavy atom. The van der Waals surface area contributed by atoms with E-state index in [1.165, 1.54) is 0 Å². The van der Waals surface area contributed by atoms with E-state index in [-0.39, 0.29) is 18.7 Å². The van der Waals surface area contributed by atoms with Crippen LogP contribution in [-0.4, -0.2) is 30.4 Å². The number of hydrogen-bond acceptors (Lipinski definition) is 3. The van der Waals surface area contributed by atoms with E-state index in [4.69, 9.17) is 9.84 Å². The van der Waals surface area contributed by atoms with Crippen molar-refractivity contribution in [2.45, 2.75) is 26.3 Å². The lowest BCUT2D eigenvalue weighted by Crippen LogP contribution is -2.38. The largest absolute Gasteiger partial charge is 0.491 e. The first-order chi connectivity index (χ1) is 8.67. The third-order valence-corrected chi connectivity index (χ3v) is 2.25. The van der Waals surface area contributed by atoms with E-state index in [1.807, 2.05) is 19.1 Å². The van der Waals surface area contributed by atoms with Crippen molar-refractivity contribution in [2.75, 3.05) is 18.5 Å². The molecule has 0 aliphatic rings. The number of ether oxygens (including phenoxy) is 1. The van der Waals surface area contributed by atoms with Gasteiger partial charge < -0.3 is 20.5 Å². The van der Waals surface area contributed by atoms with E-state index in [0.717, 1.165) is 6.42 Å². The van der Waals surface area contributed by atoms with E-state index >= 15 is 0 Å². The van der Waals surface area contributed by atoms with Gasteiger partial charge in [0.1, 0.15) is 5.75 Å². The molecule has 1 atom stereocenters. The molecule has 0 heterocycles. The zero-order valence-corrected chi connectivity index (χ0v) is 10.8. The summed E-state index contributed by atoms with van der Waals surface area (Å²) in [7, 11) is 0. The lowest BCUT2D eigenvalue weighted by atomic mass is 10.3. The predicted octanol–water partition coefficient (Wildman–Crippen LogP) is 1.98. The van der Waals surface area contributed by atoms with Crippen LogP contribution in [0.4, 0.5) is 10.5 Å². The van der Waals surface area contributed by atoms with Crippen molar-refractivity contribution in [2.24, 2.45) is 0 Å². The van der Waals surface area contributed by atoms with E-state index in [2.05, 4.69) is 10.6 Å². The minimum Gasteiger partial charge on any atom is -0.491 e. The second-order valence-electron chi connectivity index (χ2n) is 4.03. The number of urea groups is 1. The molecule has 18 heavy (non-hydrogen) atoms. The molecule has 0 radical (unpaired) electrons. The summed E-state index contributed by atoms with van der Waals surface area (Å²) in [6.07, 6.45) is 0.905. The Labute approximate surface area is 107 Å². The summed E-state index contributed by atoms with van der Waals surface area (Å²) in [4.78, 5) is 11.6. The molecule has 0 saturated carbocycles. The number of carbonyl (C=O) groups is 1. The van der Waals surface area contributed by atoms with Crippen molar-refractivity contribution < 1.29 is 14.6 Å². The zero-order valence-electron chi connectivity index (χ0n) is 10.8. The maximum absolute atomic E-state index is 11.6. The molecule has 0 bridgehead atoms. The van der Waals surface area contributed by atoms with Crippen LogP contribution in [0.1, 0.15) is 20.3 Å². The maximum Gasteiger partial charge on any atom is 0.319 e. The number of benzene rings is 1. The minimum absolute atomic E-state index is 0.0958. The summed E-state index contributed by atoms with van der Waals surface area (Å²) in [6.45, 7) is 4.25. The van der Waals surface area contributed by atoms with Gasteiger partial charge in [-0.2, -0.15) is 0 Å². The number of hydrogen-bond donors (Lipinski definition) is 3. The van der Waals surface area contributed by atoms with Crippen molar-refractivity contribution in [3.05, 3.63) is 24.3 Å².